The van der Waals surface area contributed by atoms with Gasteiger partial charge < -0.3 is 10.2 Å². The highest BCUT2D eigenvalue weighted by atomic mass is 16.6. The van der Waals surface area contributed by atoms with E-state index in [2.05, 4.69) is 10.5 Å². The predicted molar refractivity (Wildman–Crippen MR) is 61.9 cm³/mol. The van der Waals surface area contributed by atoms with Gasteiger partial charge in [-0.3, -0.25) is 4.79 Å². The Bertz CT molecular complexity index is 197. The SMILES string of the molecule is CCCNC(=O)CCON=C(CC)CC. The fourth-order valence-electron chi connectivity index (χ4n) is 1.01. The van der Waals surface area contributed by atoms with Gasteiger partial charge in [-0.1, -0.05) is 25.9 Å². The number of carbonyl (C=O) groups is 1. The van der Waals surface area contributed by atoms with E-state index in [-0.39, 0.29) is 5.91 Å². The fraction of sp³-hybridized carbons (Fsp3) is 0.818. The Labute approximate surface area is 92.1 Å². The lowest BCUT2D eigenvalue weighted by atomic mass is 10.2. The van der Waals surface area contributed by atoms with Crippen LogP contribution in [0.15, 0.2) is 5.16 Å². The summed E-state index contributed by atoms with van der Waals surface area (Å²) >= 11 is 0. The highest BCUT2D eigenvalue weighted by Crippen LogP contribution is 1.93. The molecule has 0 bridgehead atoms. The monoisotopic (exact) mass is 214 g/mol. The van der Waals surface area contributed by atoms with Crippen LogP contribution in [-0.2, 0) is 9.63 Å². The van der Waals surface area contributed by atoms with Crippen LogP contribution in [0.2, 0.25) is 0 Å². The Morgan fingerprint density at radius 3 is 2.47 bits per heavy atom. The van der Waals surface area contributed by atoms with Crippen molar-refractivity contribution in [2.24, 2.45) is 5.16 Å². The second-order valence-electron chi connectivity index (χ2n) is 3.30. The minimum atomic E-state index is 0.0293. The van der Waals surface area contributed by atoms with Crippen LogP contribution in [-0.4, -0.2) is 24.8 Å². The molecule has 0 aromatic heterocycles. The number of amides is 1. The van der Waals surface area contributed by atoms with Crippen molar-refractivity contribution in [3.05, 3.63) is 0 Å². The molecule has 0 aliphatic heterocycles. The molecule has 0 saturated carbocycles. The summed E-state index contributed by atoms with van der Waals surface area (Å²) in [6.07, 6.45) is 3.14. The van der Waals surface area contributed by atoms with Gasteiger partial charge >= 0.3 is 0 Å². The van der Waals surface area contributed by atoms with Crippen molar-refractivity contribution in [1.82, 2.24) is 5.32 Å². The molecule has 1 N–H and O–H groups in total. The van der Waals surface area contributed by atoms with Gasteiger partial charge in [0.15, 0.2) is 0 Å². The maximum absolute atomic E-state index is 11.1. The van der Waals surface area contributed by atoms with Crippen molar-refractivity contribution in [2.75, 3.05) is 13.2 Å². The maximum Gasteiger partial charge on any atom is 0.223 e. The predicted octanol–water partition coefficient (Wildman–Crippen LogP) is 2.10. The fourth-order valence-corrected chi connectivity index (χ4v) is 1.01. The molecule has 0 aliphatic rings. The van der Waals surface area contributed by atoms with Crippen molar-refractivity contribution < 1.29 is 9.63 Å². The summed E-state index contributed by atoms with van der Waals surface area (Å²) in [5, 5.41) is 6.73. The van der Waals surface area contributed by atoms with E-state index >= 15 is 0 Å². The van der Waals surface area contributed by atoms with E-state index in [1.54, 1.807) is 0 Å². The largest absolute Gasteiger partial charge is 0.395 e. The first-order valence-corrected chi connectivity index (χ1v) is 5.68. The van der Waals surface area contributed by atoms with Crippen LogP contribution in [0.5, 0.6) is 0 Å². The Hall–Kier alpha value is -1.06. The first-order chi connectivity index (χ1) is 7.24. The Morgan fingerprint density at radius 1 is 1.27 bits per heavy atom. The average Bonchev–Trinajstić information content (AvgIpc) is 2.26. The lowest BCUT2D eigenvalue weighted by Gasteiger charge is -2.03. The third-order valence-electron chi connectivity index (χ3n) is 2.00. The van der Waals surface area contributed by atoms with E-state index in [1.165, 1.54) is 0 Å². The molecule has 0 atom stereocenters. The van der Waals surface area contributed by atoms with Crippen LogP contribution < -0.4 is 5.32 Å². The highest BCUT2D eigenvalue weighted by Gasteiger charge is 1.99. The van der Waals surface area contributed by atoms with Gasteiger partial charge in [0.25, 0.3) is 0 Å². The van der Waals surface area contributed by atoms with E-state index in [4.69, 9.17) is 4.84 Å². The molecule has 0 aromatic carbocycles. The number of hydrogen-bond donors (Lipinski definition) is 1. The molecule has 0 aliphatic carbocycles. The van der Waals surface area contributed by atoms with Crippen molar-refractivity contribution >= 4 is 11.6 Å². The Morgan fingerprint density at radius 2 is 1.93 bits per heavy atom. The van der Waals surface area contributed by atoms with Gasteiger partial charge in [0, 0.05) is 6.54 Å². The lowest BCUT2D eigenvalue weighted by Crippen LogP contribution is -2.24. The molecular weight excluding hydrogens is 192 g/mol. The van der Waals surface area contributed by atoms with Crippen LogP contribution in [0.4, 0.5) is 0 Å². The molecule has 15 heavy (non-hydrogen) atoms. The second-order valence-corrected chi connectivity index (χ2v) is 3.30. The first-order valence-electron chi connectivity index (χ1n) is 5.68. The van der Waals surface area contributed by atoms with Crippen molar-refractivity contribution in [1.29, 1.82) is 0 Å². The number of nitrogens with zero attached hydrogens (tertiary/aromatic N) is 1. The molecular formula is C11H22N2O2. The smallest absolute Gasteiger partial charge is 0.223 e. The number of hydrogen-bond acceptors (Lipinski definition) is 3. The van der Waals surface area contributed by atoms with Gasteiger partial charge in [-0.15, -0.1) is 0 Å². The zero-order valence-electron chi connectivity index (χ0n) is 10.0. The number of rotatable bonds is 8. The summed E-state index contributed by atoms with van der Waals surface area (Å²) < 4.78 is 0. The zero-order chi connectivity index (χ0) is 11.5. The quantitative estimate of drug-likeness (QED) is 0.382. The molecule has 0 unspecified atom stereocenters. The van der Waals surface area contributed by atoms with Crippen molar-refractivity contribution in [3.8, 4) is 0 Å². The van der Waals surface area contributed by atoms with Crippen LogP contribution in [0.25, 0.3) is 0 Å². The molecule has 4 heteroatoms. The first kappa shape index (κ1) is 13.9. The lowest BCUT2D eigenvalue weighted by molar-refractivity contribution is -0.122. The van der Waals surface area contributed by atoms with E-state index in [0.717, 1.165) is 31.5 Å². The summed E-state index contributed by atoms with van der Waals surface area (Å²) in [7, 11) is 0. The van der Waals surface area contributed by atoms with Crippen LogP contribution in [0.1, 0.15) is 46.5 Å². The molecule has 0 rings (SSSR count). The molecule has 1 amide bonds. The van der Waals surface area contributed by atoms with Gasteiger partial charge in [-0.25, -0.2) is 0 Å². The van der Waals surface area contributed by atoms with E-state index in [0.29, 0.717) is 13.0 Å². The molecule has 0 heterocycles. The summed E-state index contributed by atoms with van der Waals surface area (Å²) in [6, 6.07) is 0. The van der Waals surface area contributed by atoms with Gasteiger partial charge in [0.1, 0.15) is 6.61 Å². The Kier molecular flexibility index (Phi) is 8.82. The van der Waals surface area contributed by atoms with Crippen LogP contribution >= 0.6 is 0 Å². The summed E-state index contributed by atoms with van der Waals surface area (Å²) in [5.41, 5.74) is 1.03. The zero-order valence-corrected chi connectivity index (χ0v) is 10.0. The maximum atomic E-state index is 11.1. The van der Waals surface area contributed by atoms with E-state index < -0.39 is 0 Å². The third-order valence-corrected chi connectivity index (χ3v) is 2.00. The molecule has 0 radical (unpaired) electrons. The van der Waals surface area contributed by atoms with Crippen molar-refractivity contribution in [2.45, 2.75) is 46.5 Å². The summed E-state index contributed by atoms with van der Waals surface area (Å²) in [5.74, 6) is 0.0293. The van der Waals surface area contributed by atoms with Crippen LogP contribution in [0.3, 0.4) is 0 Å². The normalized spacial score (nSPS) is 9.53. The third kappa shape index (κ3) is 7.97. The molecule has 0 saturated heterocycles. The van der Waals surface area contributed by atoms with Gasteiger partial charge in [0.05, 0.1) is 12.1 Å². The molecule has 4 nitrogen and oxygen atoms in total. The topological polar surface area (TPSA) is 50.7 Å². The van der Waals surface area contributed by atoms with Gasteiger partial charge in [-0.2, -0.15) is 0 Å². The summed E-state index contributed by atoms with van der Waals surface area (Å²) in [6.45, 7) is 7.20. The van der Waals surface area contributed by atoms with Crippen molar-refractivity contribution in [3.63, 3.8) is 0 Å². The van der Waals surface area contributed by atoms with E-state index in [9.17, 15) is 4.79 Å². The molecule has 88 valence electrons. The Balaban J connectivity index is 3.52. The highest BCUT2D eigenvalue weighted by molar-refractivity contribution is 5.83. The summed E-state index contributed by atoms with van der Waals surface area (Å²) in [4.78, 5) is 16.2. The van der Waals surface area contributed by atoms with Gasteiger partial charge in [0.2, 0.25) is 5.91 Å². The minimum absolute atomic E-state index is 0.0293. The van der Waals surface area contributed by atoms with E-state index in [1.807, 2.05) is 20.8 Å². The molecule has 0 fully saturated rings. The number of nitrogens with one attached hydrogen (secondary N) is 1. The molecule has 0 spiro atoms. The number of carbonyl (C=O) groups excluding carboxylic acids is 1. The van der Waals surface area contributed by atoms with Crippen LogP contribution in [0, 0.1) is 0 Å². The molecule has 0 aromatic rings. The minimum Gasteiger partial charge on any atom is -0.395 e. The second kappa shape index (κ2) is 9.49. The standard InChI is InChI=1S/C11H22N2O2/c1-4-8-12-11(14)7-9-15-13-10(5-2)6-3/h4-9H2,1-3H3,(H,12,14). The average molecular weight is 214 g/mol. The number of oxime groups is 1. The van der Waals surface area contributed by atoms with Gasteiger partial charge in [-0.05, 0) is 19.3 Å².